The largest absolute Gasteiger partial charge is 0.454 e. The van der Waals surface area contributed by atoms with Crippen molar-refractivity contribution in [3.63, 3.8) is 0 Å². The number of aryl methyl sites for hydroxylation is 3. The Morgan fingerprint density at radius 2 is 0.850 bits per heavy atom. The third-order valence-corrected chi connectivity index (χ3v) is 23.0. The summed E-state index contributed by atoms with van der Waals surface area (Å²) in [6.07, 6.45) is -12.6. The van der Waals surface area contributed by atoms with E-state index in [1.165, 1.54) is 37.2 Å². The second kappa shape index (κ2) is 18.0. The molecule has 3 aliphatic carbocycles. The molecule has 4 aromatic carbocycles. The molecule has 20 nitrogen and oxygen atoms in total. The summed E-state index contributed by atoms with van der Waals surface area (Å²) in [6, 6.07) is 19.4. The number of benzene rings is 4. The lowest BCUT2D eigenvalue weighted by atomic mass is 9.81. The molecule has 0 aromatic heterocycles. The van der Waals surface area contributed by atoms with Gasteiger partial charge in [-0.1, -0.05) is 64.9 Å². The highest BCUT2D eigenvalue weighted by atomic mass is 32.2. The molecule has 5 unspecified atom stereocenters. The summed E-state index contributed by atoms with van der Waals surface area (Å²) < 4.78 is 160. The van der Waals surface area contributed by atoms with Crippen molar-refractivity contribution in [1.82, 2.24) is 12.9 Å². The van der Waals surface area contributed by atoms with Crippen LogP contribution in [0.15, 0.2) is 106 Å². The molecule has 4 aromatic rings. The maximum Gasteiger partial charge on any atom is 0.243 e. The fourth-order valence-corrected chi connectivity index (χ4v) is 19.2. The van der Waals surface area contributed by atoms with Crippen LogP contribution in [0.3, 0.4) is 0 Å². The Hall–Kier alpha value is -4.59. The Labute approximate surface area is 465 Å². The molecule has 426 valence electrons. The van der Waals surface area contributed by atoms with Crippen LogP contribution in [0.4, 0.5) is 0 Å². The predicted octanol–water partition coefficient (Wildman–Crippen LogP) is 4.10. The van der Waals surface area contributed by atoms with E-state index in [2.05, 4.69) is 11.8 Å². The average Bonchev–Trinajstić information content (AvgIpc) is 1.90. The van der Waals surface area contributed by atoms with Gasteiger partial charge in [-0.3, -0.25) is 0 Å². The van der Waals surface area contributed by atoms with Crippen LogP contribution in [0.1, 0.15) is 63.8 Å². The van der Waals surface area contributed by atoms with Gasteiger partial charge in [0.2, 0.25) is 36.9 Å². The van der Waals surface area contributed by atoms with Crippen molar-refractivity contribution in [1.29, 1.82) is 0 Å². The topological polar surface area (TPSA) is 224 Å². The Morgan fingerprint density at radius 3 is 1.35 bits per heavy atom. The fraction of sp³-hybridized carbons (Fsp3) is 0.544. The predicted molar refractivity (Wildman–Crippen MR) is 281 cm³/mol. The van der Waals surface area contributed by atoms with E-state index >= 15 is 8.42 Å². The molecule has 0 amide bonds. The highest BCUT2D eigenvalue weighted by molar-refractivity contribution is 7.90. The first-order valence-corrected chi connectivity index (χ1v) is 31.3. The fourth-order valence-electron chi connectivity index (χ4n) is 13.8. The second-order valence-electron chi connectivity index (χ2n) is 24.1. The molecule has 0 bridgehead atoms. The molecule has 80 heavy (non-hydrogen) atoms. The third-order valence-electron chi connectivity index (χ3n) is 17.3. The standard InChI is InChI=1S/C57H63N3O17S3/c1-28-10-18-32(19-11-28)78(62,63)58-38-35(24-16-31-17-25-36-37(26-31)69-27-68-36)45(53-49(39(38)58)73-56(6,7)76-53)70-47-41-43(60(41)80(66,67)34-22-14-30(3)15-23-34)50-54(77-57(8,9)74-50)52(47)71-46-40-42(48-51(44(46)61)75-55(4,5)72-48)59(40)79(64,65)33-20-12-29(2)13-21-33/h10-15,17-23,25-26,35,38-54,61H,27H2,1-9H3/t35-,38-,39-,40-,41-,42+,43+,44-,45+,46?,47?,48-,49+,50-,51+,52+,53-,54-,58?,59?,60?/m1/s1. The monoisotopic (exact) mass is 1160 g/mol. The number of hydrogen-bond donors (Lipinski definition) is 1. The maximum atomic E-state index is 15.2. The van der Waals surface area contributed by atoms with Crippen molar-refractivity contribution in [2.24, 2.45) is 5.92 Å². The highest BCUT2D eigenvalue weighted by Crippen LogP contribution is 2.59. The SMILES string of the molecule is Cc1ccc(S(=O)(=O)N2[C@@H]3[C@@H](C#Cc4ccc5c(c4)OCO5)[C@H](OC4[C@H](OC5[C@@H](O)[C@@H]6OC(C)(C)O[C@@H]6[C@@H]6[C@H]5N6S(=O)(=O)c5ccc(C)cc5)[C@@H]5OC(C)(C)O[C@@H]5[C@@H]5[C@H]4N5S(=O)(=O)c4ccc(C)cc4)[C@H]4OC(C)(C)O[C@H]4[C@@H]32)cc1. The summed E-state index contributed by atoms with van der Waals surface area (Å²) in [6.45, 7) is 15.9. The molecule has 1 N–H and O–H groups in total. The minimum atomic E-state index is -4.34. The zero-order valence-corrected chi connectivity index (χ0v) is 47.8. The van der Waals surface area contributed by atoms with Gasteiger partial charge in [0, 0.05) is 5.56 Å². The molecular formula is C57H63N3O17S3. The van der Waals surface area contributed by atoms with E-state index in [1.54, 1.807) is 108 Å². The van der Waals surface area contributed by atoms with Crippen LogP contribution in [0.2, 0.25) is 0 Å². The van der Waals surface area contributed by atoms with Gasteiger partial charge in [-0.2, -0.15) is 12.9 Å². The van der Waals surface area contributed by atoms with Crippen molar-refractivity contribution in [3.8, 4) is 23.3 Å². The molecule has 21 atom stereocenters. The van der Waals surface area contributed by atoms with Crippen LogP contribution in [-0.2, 0) is 68.0 Å². The van der Waals surface area contributed by atoms with Crippen LogP contribution < -0.4 is 9.47 Å². The van der Waals surface area contributed by atoms with Crippen LogP contribution >= 0.6 is 0 Å². The summed E-state index contributed by atoms with van der Waals surface area (Å²) in [7, 11) is -12.8. The number of nitrogens with zero attached hydrogens (tertiary/aromatic N) is 3. The molecule has 0 spiro atoms. The minimum absolute atomic E-state index is 0.0215. The summed E-state index contributed by atoms with van der Waals surface area (Å²) in [5, 5.41) is 12.7. The second-order valence-corrected chi connectivity index (χ2v) is 29.6. The van der Waals surface area contributed by atoms with Gasteiger partial charge >= 0.3 is 0 Å². The van der Waals surface area contributed by atoms with Gasteiger partial charge in [-0.15, -0.1) is 0 Å². The lowest BCUT2D eigenvalue weighted by Gasteiger charge is -2.44. The van der Waals surface area contributed by atoms with E-state index in [1.807, 2.05) is 20.8 Å². The zero-order chi connectivity index (χ0) is 56.1. The summed E-state index contributed by atoms with van der Waals surface area (Å²) in [5.74, 6) is 2.98. The number of sulfonamides is 3. The van der Waals surface area contributed by atoms with Crippen LogP contribution in [-0.4, -0.2) is 171 Å². The van der Waals surface area contributed by atoms with E-state index in [4.69, 9.17) is 47.4 Å². The van der Waals surface area contributed by atoms with Gasteiger partial charge in [0.05, 0.1) is 56.9 Å². The first-order chi connectivity index (χ1) is 37.7. The molecule has 3 saturated carbocycles. The molecule has 23 heteroatoms. The first kappa shape index (κ1) is 53.4. The highest BCUT2D eigenvalue weighted by Gasteiger charge is 2.79. The Bertz CT molecular complexity index is 3590. The molecule has 7 aliphatic heterocycles. The molecule has 6 saturated heterocycles. The third kappa shape index (κ3) is 8.45. The van der Waals surface area contributed by atoms with Gasteiger partial charge in [-0.25, -0.2) is 25.3 Å². The van der Waals surface area contributed by atoms with Crippen molar-refractivity contribution < 1.29 is 77.7 Å². The van der Waals surface area contributed by atoms with Crippen LogP contribution in [0.5, 0.6) is 11.5 Å². The summed E-state index contributed by atoms with van der Waals surface area (Å²) in [5.41, 5.74) is 3.12. The lowest BCUT2D eigenvalue weighted by molar-refractivity contribution is -0.232. The first-order valence-electron chi connectivity index (χ1n) is 27.0. The van der Waals surface area contributed by atoms with E-state index in [0.29, 0.717) is 17.1 Å². The van der Waals surface area contributed by atoms with E-state index in [-0.39, 0.29) is 21.5 Å². The average molecular weight is 1160 g/mol. The number of fused-ring (bicyclic) bond motifs is 10. The lowest BCUT2D eigenvalue weighted by Crippen LogP contribution is -2.62. The normalized spacial score (nSPS) is 40.7. The van der Waals surface area contributed by atoms with Gasteiger partial charge < -0.3 is 52.5 Å². The zero-order valence-electron chi connectivity index (χ0n) is 45.3. The molecule has 0 radical (unpaired) electrons. The summed E-state index contributed by atoms with van der Waals surface area (Å²) in [4.78, 5) is 0.126. The molecule has 14 rings (SSSR count). The van der Waals surface area contributed by atoms with Crippen molar-refractivity contribution in [3.05, 3.63) is 113 Å². The Morgan fingerprint density at radius 1 is 0.463 bits per heavy atom. The quantitative estimate of drug-likeness (QED) is 0.174. The van der Waals surface area contributed by atoms with Gasteiger partial charge in [-0.05, 0) is 117 Å². The minimum Gasteiger partial charge on any atom is -0.454 e. The Balaban J connectivity index is 0.912. The maximum absolute atomic E-state index is 15.2. The number of aliphatic hydroxyl groups excluding tert-OH is 1. The van der Waals surface area contributed by atoms with Gasteiger partial charge in [0.1, 0.15) is 67.1 Å². The van der Waals surface area contributed by atoms with E-state index < -0.39 is 157 Å². The smallest absolute Gasteiger partial charge is 0.243 e. The molecular weight excluding hydrogens is 1090 g/mol. The van der Waals surface area contributed by atoms with E-state index in [0.717, 1.165) is 16.7 Å². The Kier molecular flexibility index (Phi) is 12.0. The van der Waals surface area contributed by atoms with Crippen LogP contribution in [0.25, 0.3) is 0 Å². The number of ether oxygens (including phenoxy) is 10. The number of aliphatic hydroxyl groups is 1. The van der Waals surface area contributed by atoms with Crippen molar-refractivity contribution in [2.45, 2.75) is 198 Å². The van der Waals surface area contributed by atoms with E-state index in [9.17, 15) is 21.9 Å². The van der Waals surface area contributed by atoms with Crippen molar-refractivity contribution >= 4 is 30.1 Å². The number of rotatable bonds is 10. The van der Waals surface area contributed by atoms with Crippen LogP contribution in [0, 0.1) is 38.5 Å². The number of hydrogen-bond acceptors (Lipinski definition) is 17. The molecule has 9 fully saturated rings. The van der Waals surface area contributed by atoms with Gasteiger partial charge in [0.25, 0.3) is 0 Å². The van der Waals surface area contributed by atoms with Gasteiger partial charge in [0.15, 0.2) is 28.9 Å². The summed E-state index contributed by atoms with van der Waals surface area (Å²) >= 11 is 0. The molecule has 7 heterocycles. The molecule has 10 aliphatic rings. The van der Waals surface area contributed by atoms with Crippen molar-refractivity contribution in [2.75, 3.05) is 6.79 Å².